The van der Waals surface area contributed by atoms with E-state index in [1.165, 1.54) is 0 Å². The van der Waals surface area contributed by atoms with Gasteiger partial charge in [-0.05, 0) is 23.3 Å². The molecule has 12 heteroatoms. The number of amides is 1. The molecule has 234 valence electrons. The molecule has 3 aromatic rings. The number of carbonyl (C=O) groups excluding carboxylic acids is 3. The van der Waals surface area contributed by atoms with E-state index in [4.69, 9.17) is 14.6 Å². The largest absolute Gasteiger partial charge is 0.542 e. The van der Waals surface area contributed by atoms with E-state index in [1.54, 1.807) is 48.8 Å². The minimum Gasteiger partial charge on any atom is -0.542 e. The summed E-state index contributed by atoms with van der Waals surface area (Å²) in [5, 5.41) is 23.6. The van der Waals surface area contributed by atoms with Crippen molar-refractivity contribution >= 4 is 17.8 Å². The third-order valence-corrected chi connectivity index (χ3v) is 8.25. The van der Waals surface area contributed by atoms with Crippen LogP contribution in [0.1, 0.15) is 40.7 Å². The van der Waals surface area contributed by atoms with Crippen LogP contribution in [0.3, 0.4) is 0 Å². The van der Waals surface area contributed by atoms with Gasteiger partial charge in [-0.15, -0.1) is 0 Å². The molecule has 0 radical (unpaired) electrons. The highest BCUT2D eigenvalue weighted by molar-refractivity contribution is 5.93. The van der Waals surface area contributed by atoms with Gasteiger partial charge in [-0.25, -0.2) is 4.79 Å². The number of nitrogens with zero attached hydrogens (tertiary/aromatic N) is 2. The highest BCUT2D eigenvalue weighted by atomic mass is 19.4. The van der Waals surface area contributed by atoms with E-state index in [1.807, 2.05) is 36.4 Å². The molecule has 0 spiro atoms. The van der Waals surface area contributed by atoms with Crippen molar-refractivity contribution in [3.05, 3.63) is 102 Å². The normalized spacial score (nSPS) is 21.0. The van der Waals surface area contributed by atoms with Crippen LogP contribution in [0.4, 0.5) is 13.2 Å². The summed E-state index contributed by atoms with van der Waals surface area (Å²) < 4.78 is 38.6. The average molecular weight is 614 g/mol. The van der Waals surface area contributed by atoms with Crippen molar-refractivity contribution in [1.29, 1.82) is 0 Å². The number of piperidine rings is 3. The average Bonchev–Trinajstić information content (AvgIpc) is 3.04. The number of nitrogens with one attached hydrogen (secondary N) is 1. The number of benzene rings is 2. The van der Waals surface area contributed by atoms with Crippen LogP contribution >= 0.6 is 0 Å². The van der Waals surface area contributed by atoms with Crippen LogP contribution in [0.15, 0.2) is 85.2 Å². The first-order valence-electron chi connectivity index (χ1n) is 14.3. The second kappa shape index (κ2) is 14.0. The first kappa shape index (κ1) is 32.6. The summed E-state index contributed by atoms with van der Waals surface area (Å²) in [5.41, 5.74) is -0.254. The van der Waals surface area contributed by atoms with Crippen molar-refractivity contribution in [3.8, 4) is 0 Å². The number of carbonyl (C=O) groups is 3. The lowest BCUT2D eigenvalue weighted by Crippen LogP contribution is -2.65. The molecule has 1 amide bonds. The fraction of sp³-hybridized carbons (Fsp3) is 0.375. The number of rotatable bonds is 9. The van der Waals surface area contributed by atoms with Gasteiger partial charge in [-0.1, -0.05) is 60.7 Å². The predicted molar refractivity (Wildman–Crippen MR) is 150 cm³/mol. The number of quaternary nitrogens is 1. The number of aliphatic hydroxyl groups is 1. The van der Waals surface area contributed by atoms with E-state index in [0.717, 1.165) is 49.9 Å². The van der Waals surface area contributed by atoms with Gasteiger partial charge >= 0.3 is 12.1 Å². The fourth-order valence-electron chi connectivity index (χ4n) is 5.87. The summed E-state index contributed by atoms with van der Waals surface area (Å²) >= 11 is 0. The Balaban J connectivity index is 0.000000566. The van der Waals surface area contributed by atoms with Gasteiger partial charge in [0.2, 0.25) is 5.60 Å². The van der Waals surface area contributed by atoms with Gasteiger partial charge in [0.1, 0.15) is 12.5 Å². The third-order valence-electron chi connectivity index (χ3n) is 8.25. The van der Waals surface area contributed by atoms with E-state index >= 15 is 0 Å². The van der Waals surface area contributed by atoms with Gasteiger partial charge in [0, 0.05) is 49.7 Å². The van der Waals surface area contributed by atoms with Crippen LogP contribution in [0.2, 0.25) is 0 Å². The lowest BCUT2D eigenvalue weighted by molar-refractivity contribution is -0.946. The Morgan fingerprint density at radius 1 is 0.932 bits per heavy atom. The second-order valence-corrected chi connectivity index (χ2v) is 11.0. The van der Waals surface area contributed by atoms with E-state index in [0.29, 0.717) is 29.2 Å². The minimum atomic E-state index is -5.19. The zero-order valence-corrected chi connectivity index (χ0v) is 23.9. The molecule has 3 aliphatic rings. The number of fused-ring (bicyclic) bond motifs is 3. The molecule has 0 aliphatic carbocycles. The monoisotopic (exact) mass is 613 g/mol. The Labute approximate surface area is 252 Å². The standard InChI is InChI=1S/C30H33N3O4.C2HF3O2/c34-28(24-12-17-31-18-13-24)32-16-7-19-33-20-14-23(15-21-33)27(22-33)37-29(35)30(36,25-8-3-1-4-9-25)26-10-5-2-6-11-26;3-2(4,5)1(6)7/h1-6,8-13,17-18,23,27,36H,7,14-16,19-22H2;(H,6,7)/t23?,27-,33?;/m0./s1. The lowest BCUT2D eigenvalue weighted by atomic mass is 9.82. The van der Waals surface area contributed by atoms with Gasteiger partial charge in [0.15, 0.2) is 6.10 Å². The van der Waals surface area contributed by atoms with Crippen LogP contribution in [-0.2, 0) is 19.9 Å². The number of pyridine rings is 1. The number of carboxylic acids is 1. The van der Waals surface area contributed by atoms with Gasteiger partial charge < -0.3 is 29.5 Å². The van der Waals surface area contributed by atoms with Crippen molar-refractivity contribution in [1.82, 2.24) is 10.3 Å². The zero-order chi connectivity index (χ0) is 31.8. The van der Waals surface area contributed by atoms with Crippen molar-refractivity contribution in [2.24, 2.45) is 5.92 Å². The SMILES string of the molecule is O=C(NCCC[N+]12CCC(CC1)[C@@H](OC(=O)C(O)(c1ccccc1)c1ccccc1)C2)c1ccncc1.O=C([O-])C(F)(F)F. The number of carboxylic acid groups (broad SMARTS) is 1. The first-order chi connectivity index (χ1) is 20.9. The predicted octanol–water partition coefficient (Wildman–Crippen LogP) is 2.59. The number of halogens is 3. The summed E-state index contributed by atoms with van der Waals surface area (Å²) in [6.45, 7) is 4.36. The van der Waals surface area contributed by atoms with Gasteiger partial charge in [0.05, 0.1) is 19.6 Å². The molecule has 2 bridgehead atoms. The van der Waals surface area contributed by atoms with Crippen molar-refractivity contribution < 1.29 is 47.0 Å². The maximum atomic E-state index is 13.7. The molecule has 6 rings (SSSR count). The molecule has 1 aromatic heterocycles. The van der Waals surface area contributed by atoms with Crippen LogP contribution in [0.5, 0.6) is 0 Å². The number of alkyl halides is 3. The molecular formula is C32H34F3N3O6. The van der Waals surface area contributed by atoms with Crippen molar-refractivity contribution in [3.63, 3.8) is 0 Å². The van der Waals surface area contributed by atoms with E-state index in [-0.39, 0.29) is 12.0 Å². The van der Waals surface area contributed by atoms with Crippen molar-refractivity contribution in [2.75, 3.05) is 32.7 Å². The summed E-state index contributed by atoms with van der Waals surface area (Å²) in [6, 6.07) is 21.5. The molecule has 3 fully saturated rings. The second-order valence-electron chi connectivity index (χ2n) is 11.0. The molecule has 2 aromatic carbocycles. The molecule has 44 heavy (non-hydrogen) atoms. The van der Waals surface area contributed by atoms with Gasteiger partial charge in [0.25, 0.3) is 5.91 Å². The minimum absolute atomic E-state index is 0.0901. The topological polar surface area (TPSA) is 129 Å². The molecular weight excluding hydrogens is 579 g/mol. The highest BCUT2D eigenvalue weighted by Gasteiger charge is 2.50. The molecule has 0 unspecified atom stereocenters. The number of hydrogen-bond acceptors (Lipinski definition) is 7. The molecule has 4 heterocycles. The Morgan fingerprint density at radius 3 is 1.95 bits per heavy atom. The highest BCUT2D eigenvalue weighted by Crippen LogP contribution is 2.38. The number of hydrogen-bond donors (Lipinski definition) is 2. The molecule has 3 saturated heterocycles. The number of esters is 1. The lowest BCUT2D eigenvalue weighted by Gasteiger charge is -2.52. The van der Waals surface area contributed by atoms with Crippen molar-refractivity contribution in [2.45, 2.75) is 37.1 Å². The third kappa shape index (κ3) is 7.80. The molecule has 9 nitrogen and oxygen atoms in total. The molecule has 1 atom stereocenters. The number of aliphatic carboxylic acids is 1. The van der Waals surface area contributed by atoms with Crippen LogP contribution in [0, 0.1) is 5.92 Å². The molecule has 2 N–H and O–H groups in total. The van der Waals surface area contributed by atoms with Crippen LogP contribution < -0.4 is 10.4 Å². The zero-order valence-electron chi connectivity index (χ0n) is 23.9. The van der Waals surface area contributed by atoms with E-state index in [2.05, 4.69) is 10.3 Å². The smallest absolute Gasteiger partial charge is 0.430 e. The summed E-state index contributed by atoms with van der Waals surface area (Å²) in [6.07, 6.45) is 0.639. The Hall–Kier alpha value is -4.29. The number of aromatic nitrogens is 1. The summed E-state index contributed by atoms with van der Waals surface area (Å²) in [5.74, 6) is -3.40. The fourth-order valence-corrected chi connectivity index (χ4v) is 5.87. The Morgan fingerprint density at radius 2 is 1.45 bits per heavy atom. The van der Waals surface area contributed by atoms with Gasteiger partial charge in [-0.2, -0.15) is 13.2 Å². The Kier molecular flexibility index (Phi) is 10.4. The maximum absolute atomic E-state index is 13.7. The maximum Gasteiger partial charge on any atom is 0.430 e. The van der Waals surface area contributed by atoms with Crippen LogP contribution in [0.25, 0.3) is 0 Å². The summed E-state index contributed by atoms with van der Waals surface area (Å²) in [4.78, 5) is 38.7. The first-order valence-corrected chi connectivity index (χ1v) is 14.3. The van der Waals surface area contributed by atoms with E-state index in [9.17, 15) is 27.9 Å². The van der Waals surface area contributed by atoms with Crippen LogP contribution in [-0.4, -0.2) is 77.4 Å². The number of ether oxygens (including phenoxy) is 1. The summed E-state index contributed by atoms with van der Waals surface area (Å²) in [7, 11) is 0. The quantitative estimate of drug-likeness (QED) is 0.216. The van der Waals surface area contributed by atoms with Gasteiger partial charge in [-0.3, -0.25) is 9.78 Å². The molecule has 3 aliphatic heterocycles. The van der Waals surface area contributed by atoms with E-state index < -0.39 is 23.7 Å². The molecule has 0 saturated carbocycles. The Bertz CT molecular complexity index is 1360.